The minimum Gasteiger partial charge on any atom is -0.497 e. The number of H-pyrrole nitrogens is 1. The maximum absolute atomic E-state index is 13.2. The zero-order valence-corrected chi connectivity index (χ0v) is 18.6. The van der Waals surface area contributed by atoms with Crippen molar-refractivity contribution >= 4 is 16.9 Å². The van der Waals surface area contributed by atoms with Crippen LogP contribution in [-0.4, -0.2) is 59.0 Å². The molecule has 0 atom stereocenters. The second kappa shape index (κ2) is 7.51. The Kier molecular flexibility index (Phi) is 4.74. The Bertz CT molecular complexity index is 940. The molecular weight excluding hydrogens is 388 g/mol. The highest BCUT2D eigenvalue weighted by atomic mass is 16.5. The standard InChI is InChI=1S/C25H34N4O2/c1-31-20-2-3-21-22(11-20)27-23(26-21)16-28-4-6-29(7-5-28)24(30)15-25-12-17-8-18(13-25)10-19(9-17)14-25/h2-3,11,17-19H,4-10,12-16H2,1H3,(H,26,27). The third kappa shape index (κ3) is 3.73. The second-order valence-corrected chi connectivity index (χ2v) is 10.8. The molecule has 1 aromatic heterocycles. The number of rotatable bonds is 5. The van der Waals surface area contributed by atoms with Gasteiger partial charge in [-0.25, -0.2) is 4.98 Å². The van der Waals surface area contributed by atoms with Crippen molar-refractivity contribution in [1.82, 2.24) is 19.8 Å². The molecule has 0 spiro atoms. The van der Waals surface area contributed by atoms with Crippen LogP contribution in [0.4, 0.5) is 0 Å². The first-order valence-corrected chi connectivity index (χ1v) is 12.1. The number of aromatic amines is 1. The van der Waals surface area contributed by atoms with Crippen molar-refractivity contribution in [2.24, 2.45) is 23.2 Å². The van der Waals surface area contributed by atoms with Crippen LogP contribution < -0.4 is 4.74 Å². The molecule has 4 bridgehead atoms. The van der Waals surface area contributed by atoms with Gasteiger partial charge in [0.05, 0.1) is 24.7 Å². The molecule has 5 aliphatic rings. The number of carbonyl (C=O) groups excluding carboxylic acids is 1. The molecule has 4 aliphatic carbocycles. The van der Waals surface area contributed by atoms with E-state index in [0.29, 0.717) is 11.3 Å². The van der Waals surface area contributed by atoms with Crippen molar-refractivity contribution in [3.63, 3.8) is 0 Å². The molecule has 5 fully saturated rings. The molecule has 2 aromatic rings. The lowest BCUT2D eigenvalue weighted by Crippen LogP contribution is -2.52. The maximum Gasteiger partial charge on any atom is 0.223 e. The van der Waals surface area contributed by atoms with Crippen molar-refractivity contribution in [2.45, 2.75) is 51.5 Å². The number of piperazine rings is 1. The third-order valence-electron chi connectivity index (χ3n) is 8.53. The number of amides is 1. The Morgan fingerprint density at radius 2 is 1.77 bits per heavy atom. The Morgan fingerprint density at radius 1 is 1.10 bits per heavy atom. The van der Waals surface area contributed by atoms with E-state index in [-0.39, 0.29) is 0 Å². The van der Waals surface area contributed by atoms with Crippen LogP contribution in [-0.2, 0) is 11.3 Å². The lowest BCUT2D eigenvalue weighted by Gasteiger charge is -2.57. The predicted molar refractivity (Wildman–Crippen MR) is 120 cm³/mol. The zero-order valence-electron chi connectivity index (χ0n) is 18.6. The lowest BCUT2D eigenvalue weighted by molar-refractivity contribution is -0.141. The van der Waals surface area contributed by atoms with Crippen molar-refractivity contribution in [3.8, 4) is 5.75 Å². The number of fused-ring (bicyclic) bond motifs is 1. The van der Waals surface area contributed by atoms with Crippen LogP contribution in [0.5, 0.6) is 5.75 Å². The van der Waals surface area contributed by atoms with Crippen LogP contribution in [0.15, 0.2) is 18.2 Å². The zero-order chi connectivity index (χ0) is 21.0. The van der Waals surface area contributed by atoms with E-state index in [4.69, 9.17) is 9.72 Å². The fourth-order valence-electron chi connectivity index (χ4n) is 7.55. The molecule has 0 radical (unpaired) electrons. The fourth-order valence-corrected chi connectivity index (χ4v) is 7.55. The summed E-state index contributed by atoms with van der Waals surface area (Å²) in [5, 5.41) is 0. The fraction of sp³-hybridized carbons (Fsp3) is 0.680. The Morgan fingerprint density at radius 3 is 2.42 bits per heavy atom. The number of aromatic nitrogens is 2. The van der Waals surface area contributed by atoms with E-state index in [0.717, 1.165) is 79.5 Å². The van der Waals surface area contributed by atoms with Crippen molar-refractivity contribution in [2.75, 3.05) is 33.3 Å². The Hall–Kier alpha value is -2.08. The van der Waals surface area contributed by atoms with Gasteiger partial charge < -0.3 is 14.6 Å². The van der Waals surface area contributed by atoms with E-state index in [2.05, 4.69) is 14.8 Å². The van der Waals surface area contributed by atoms with Gasteiger partial charge >= 0.3 is 0 Å². The number of nitrogens with one attached hydrogen (secondary N) is 1. The molecule has 1 N–H and O–H groups in total. The Balaban J connectivity index is 1.04. The number of ether oxygens (including phenoxy) is 1. The first-order valence-electron chi connectivity index (χ1n) is 12.1. The summed E-state index contributed by atoms with van der Waals surface area (Å²) in [5.41, 5.74) is 2.33. The quantitative estimate of drug-likeness (QED) is 0.796. The number of imidazole rings is 1. The Labute approximate surface area is 184 Å². The first kappa shape index (κ1) is 19.6. The van der Waals surface area contributed by atoms with Gasteiger partial charge in [-0.2, -0.15) is 0 Å². The average Bonchev–Trinajstić information content (AvgIpc) is 3.14. The van der Waals surface area contributed by atoms with Crippen LogP contribution in [0.3, 0.4) is 0 Å². The minimum atomic E-state index is 0.346. The summed E-state index contributed by atoms with van der Waals surface area (Å²) >= 11 is 0. The molecule has 31 heavy (non-hydrogen) atoms. The number of carbonyl (C=O) groups is 1. The van der Waals surface area contributed by atoms with Gasteiger partial charge in [-0.05, 0) is 73.8 Å². The van der Waals surface area contributed by atoms with Crippen molar-refractivity contribution < 1.29 is 9.53 Å². The van der Waals surface area contributed by atoms with E-state index >= 15 is 0 Å². The van der Waals surface area contributed by atoms with Crippen molar-refractivity contribution in [3.05, 3.63) is 24.0 Å². The predicted octanol–water partition coefficient (Wildman–Crippen LogP) is 3.82. The average molecular weight is 423 g/mol. The largest absolute Gasteiger partial charge is 0.497 e. The highest BCUT2D eigenvalue weighted by molar-refractivity contribution is 5.77. The molecule has 7 rings (SSSR count). The van der Waals surface area contributed by atoms with Crippen LogP contribution in [0.1, 0.15) is 50.8 Å². The molecule has 166 valence electrons. The smallest absolute Gasteiger partial charge is 0.223 e. The van der Waals surface area contributed by atoms with E-state index in [1.54, 1.807) is 7.11 Å². The van der Waals surface area contributed by atoms with Gasteiger partial charge in [-0.1, -0.05) is 0 Å². The van der Waals surface area contributed by atoms with Gasteiger partial charge in [0.25, 0.3) is 0 Å². The normalized spacial score (nSPS) is 32.7. The van der Waals surface area contributed by atoms with Crippen LogP contribution in [0, 0.1) is 23.2 Å². The van der Waals surface area contributed by atoms with Crippen LogP contribution in [0.25, 0.3) is 11.0 Å². The number of hydrogen-bond donors (Lipinski definition) is 1. The second-order valence-electron chi connectivity index (χ2n) is 10.8. The third-order valence-corrected chi connectivity index (χ3v) is 8.53. The summed E-state index contributed by atoms with van der Waals surface area (Å²) < 4.78 is 5.31. The summed E-state index contributed by atoms with van der Waals surface area (Å²) in [7, 11) is 1.68. The monoisotopic (exact) mass is 422 g/mol. The lowest BCUT2D eigenvalue weighted by atomic mass is 9.49. The van der Waals surface area contributed by atoms with Crippen LogP contribution in [0.2, 0.25) is 0 Å². The highest BCUT2D eigenvalue weighted by Crippen LogP contribution is 2.61. The summed E-state index contributed by atoms with van der Waals surface area (Å²) in [4.78, 5) is 25.9. The maximum atomic E-state index is 13.2. The van der Waals surface area contributed by atoms with Gasteiger partial charge in [0, 0.05) is 38.7 Å². The summed E-state index contributed by atoms with van der Waals surface area (Å²) in [6.45, 7) is 4.34. The number of benzene rings is 1. The van der Waals surface area contributed by atoms with Gasteiger partial charge in [0.15, 0.2) is 0 Å². The molecule has 1 saturated heterocycles. The highest BCUT2D eigenvalue weighted by Gasteiger charge is 2.51. The number of nitrogens with zero attached hydrogens (tertiary/aromatic N) is 3. The molecule has 0 unspecified atom stereocenters. The molecule has 1 aromatic carbocycles. The summed E-state index contributed by atoms with van der Waals surface area (Å²) in [6.07, 6.45) is 9.11. The molecule has 6 heteroatoms. The molecule has 1 aliphatic heterocycles. The first-order chi connectivity index (χ1) is 15.1. The van der Waals surface area contributed by atoms with E-state index in [9.17, 15) is 4.79 Å². The number of methoxy groups -OCH3 is 1. The SMILES string of the molecule is COc1ccc2nc(CN3CCN(C(=O)CC45CC6CC(CC(C6)C4)C5)CC3)[nH]c2c1. The molecule has 4 saturated carbocycles. The molecular formula is C25H34N4O2. The van der Waals surface area contributed by atoms with Gasteiger partial charge in [0.1, 0.15) is 11.6 Å². The summed E-state index contributed by atoms with van der Waals surface area (Å²) in [5.74, 6) is 4.99. The van der Waals surface area contributed by atoms with Gasteiger partial charge in [-0.3, -0.25) is 9.69 Å². The number of hydrogen-bond acceptors (Lipinski definition) is 4. The van der Waals surface area contributed by atoms with E-state index in [1.165, 1.54) is 38.5 Å². The topological polar surface area (TPSA) is 61.5 Å². The molecule has 1 amide bonds. The molecule has 6 nitrogen and oxygen atoms in total. The van der Waals surface area contributed by atoms with E-state index < -0.39 is 0 Å². The van der Waals surface area contributed by atoms with E-state index in [1.807, 2.05) is 18.2 Å². The summed E-state index contributed by atoms with van der Waals surface area (Å²) in [6, 6.07) is 5.93. The van der Waals surface area contributed by atoms with Crippen LogP contribution >= 0.6 is 0 Å². The van der Waals surface area contributed by atoms with Gasteiger partial charge in [-0.15, -0.1) is 0 Å². The van der Waals surface area contributed by atoms with Crippen molar-refractivity contribution in [1.29, 1.82) is 0 Å². The minimum absolute atomic E-state index is 0.346. The molecule has 2 heterocycles. The van der Waals surface area contributed by atoms with Gasteiger partial charge in [0.2, 0.25) is 5.91 Å².